The Hall–Kier alpha value is -2.15. The Morgan fingerprint density at radius 3 is 2.83 bits per heavy atom. The van der Waals surface area contributed by atoms with Gasteiger partial charge in [0.05, 0.1) is 12.6 Å². The van der Waals surface area contributed by atoms with Crippen LogP contribution >= 0.6 is 0 Å². The summed E-state index contributed by atoms with van der Waals surface area (Å²) in [4.78, 5) is 12.1. The van der Waals surface area contributed by atoms with Crippen molar-refractivity contribution in [2.45, 2.75) is 26.3 Å². The molecule has 0 bridgehead atoms. The lowest BCUT2D eigenvalue weighted by molar-refractivity contribution is 0.0942. The van der Waals surface area contributed by atoms with Crippen molar-refractivity contribution in [3.63, 3.8) is 0 Å². The number of nitrogens with two attached hydrogens (primary N) is 1. The van der Waals surface area contributed by atoms with Crippen molar-refractivity contribution in [1.82, 2.24) is 5.32 Å². The first-order chi connectivity index (χ1) is 8.63. The van der Waals surface area contributed by atoms with Crippen LogP contribution in [0, 0.1) is 12.3 Å². The van der Waals surface area contributed by atoms with Gasteiger partial charge in [0.15, 0.2) is 0 Å². The molecule has 0 saturated carbocycles. The van der Waals surface area contributed by atoms with Crippen LogP contribution in [0.3, 0.4) is 0 Å². The van der Waals surface area contributed by atoms with Crippen LogP contribution in [0.4, 0.5) is 5.69 Å². The van der Waals surface area contributed by atoms with Gasteiger partial charge in [-0.25, -0.2) is 0 Å². The lowest BCUT2D eigenvalue weighted by Gasteiger charge is -2.15. The molecule has 1 aromatic rings. The Morgan fingerprint density at radius 2 is 2.28 bits per heavy atom. The molecule has 0 fully saturated rings. The molecule has 0 spiro atoms. The van der Waals surface area contributed by atoms with Crippen molar-refractivity contribution in [2.75, 3.05) is 12.3 Å². The monoisotopic (exact) mass is 246 g/mol. The second-order valence-corrected chi connectivity index (χ2v) is 3.75. The van der Waals surface area contributed by atoms with E-state index in [4.69, 9.17) is 16.9 Å². The molecule has 4 heteroatoms. The first-order valence-electron chi connectivity index (χ1n) is 5.92. The minimum absolute atomic E-state index is 0.299. The quantitative estimate of drug-likeness (QED) is 0.615. The highest BCUT2D eigenvalue weighted by molar-refractivity contribution is 6.02. The summed E-state index contributed by atoms with van der Waals surface area (Å²) < 4.78 is 5.40. The van der Waals surface area contributed by atoms with E-state index in [0.29, 0.717) is 30.0 Å². The largest absolute Gasteiger partial charge is 0.493 e. The number of terminal acetylenes is 1. The average Bonchev–Trinajstić information content (AvgIpc) is 2.36. The highest BCUT2D eigenvalue weighted by Crippen LogP contribution is 2.24. The Bertz CT molecular complexity index is 463. The fraction of sp³-hybridized carbons (Fsp3) is 0.357. The number of hydrogen-bond acceptors (Lipinski definition) is 3. The summed E-state index contributed by atoms with van der Waals surface area (Å²) in [5, 5.41) is 2.74. The van der Waals surface area contributed by atoms with E-state index in [-0.39, 0.29) is 11.9 Å². The summed E-state index contributed by atoms with van der Waals surface area (Å²) in [5.74, 6) is 2.68. The van der Waals surface area contributed by atoms with E-state index >= 15 is 0 Å². The Balaban J connectivity index is 3.01. The molecule has 1 aromatic carbocycles. The second kappa shape index (κ2) is 6.55. The Morgan fingerprint density at radius 1 is 1.56 bits per heavy atom. The Kier molecular flexibility index (Phi) is 5.06. The molecule has 0 saturated heterocycles. The minimum atomic E-state index is -0.304. The number of nitrogen functional groups attached to an aromatic ring is 1. The van der Waals surface area contributed by atoms with E-state index in [0.717, 1.165) is 0 Å². The normalized spacial score (nSPS) is 11.4. The van der Waals surface area contributed by atoms with Gasteiger partial charge in [0.2, 0.25) is 0 Å². The number of nitrogens with one attached hydrogen (secondary N) is 1. The number of rotatable bonds is 5. The molecule has 0 heterocycles. The summed E-state index contributed by atoms with van der Waals surface area (Å²) >= 11 is 0. The first-order valence-corrected chi connectivity index (χ1v) is 5.92. The number of hydrogen-bond donors (Lipinski definition) is 2. The molecule has 0 aliphatic carbocycles. The molecule has 0 aliphatic heterocycles. The summed E-state index contributed by atoms with van der Waals surface area (Å²) in [6.45, 7) is 4.22. The van der Waals surface area contributed by atoms with Gasteiger partial charge in [0.1, 0.15) is 11.3 Å². The standard InChI is InChI=1S/C14H18N2O2/c1-4-10(5-2)16-14(17)13-11(15)8-7-9-12(13)18-6-3/h1,7-10H,5-6,15H2,2-3H3,(H,16,17). The molecular formula is C14H18N2O2. The highest BCUT2D eigenvalue weighted by atomic mass is 16.5. The van der Waals surface area contributed by atoms with E-state index in [2.05, 4.69) is 11.2 Å². The number of carbonyl (C=O) groups excluding carboxylic acids is 1. The summed E-state index contributed by atoms with van der Waals surface area (Å²) in [5.41, 5.74) is 6.54. The molecule has 96 valence electrons. The van der Waals surface area contributed by atoms with Crippen LogP contribution in [-0.4, -0.2) is 18.6 Å². The molecule has 1 rings (SSSR count). The van der Waals surface area contributed by atoms with Gasteiger partial charge in [0, 0.05) is 5.69 Å². The van der Waals surface area contributed by atoms with Crippen molar-refractivity contribution >= 4 is 11.6 Å². The van der Waals surface area contributed by atoms with Gasteiger partial charge in [-0.1, -0.05) is 18.9 Å². The maximum absolute atomic E-state index is 12.1. The van der Waals surface area contributed by atoms with Crippen LogP contribution in [-0.2, 0) is 0 Å². The van der Waals surface area contributed by atoms with Gasteiger partial charge >= 0.3 is 0 Å². The molecule has 3 N–H and O–H groups in total. The minimum Gasteiger partial charge on any atom is -0.493 e. The maximum atomic E-state index is 12.1. The number of benzene rings is 1. The lowest BCUT2D eigenvalue weighted by atomic mass is 10.1. The van der Waals surface area contributed by atoms with Crippen LogP contribution in [0.15, 0.2) is 18.2 Å². The predicted octanol–water partition coefficient (Wildman–Crippen LogP) is 1.81. The van der Waals surface area contributed by atoms with Crippen LogP contribution in [0.1, 0.15) is 30.6 Å². The van der Waals surface area contributed by atoms with Crippen molar-refractivity contribution < 1.29 is 9.53 Å². The molecular weight excluding hydrogens is 228 g/mol. The smallest absolute Gasteiger partial charge is 0.258 e. The molecule has 1 amide bonds. The van der Waals surface area contributed by atoms with Crippen molar-refractivity contribution in [3.05, 3.63) is 23.8 Å². The van der Waals surface area contributed by atoms with E-state index in [1.54, 1.807) is 18.2 Å². The zero-order valence-electron chi connectivity index (χ0n) is 10.7. The summed E-state index contributed by atoms with van der Waals surface area (Å²) in [7, 11) is 0. The average molecular weight is 246 g/mol. The predicted molar refractivity (Wildman–Crippen MR) is 72.4 cm³/mol. The zero-order chi connectivity index (χ0) is 13.5. The highest BCUT2D eigenvalue weighted by Gasteiger charge is 2.17. The van der Waals surface area contributed by atoms with Gasteiger partial charge in [-0.15, -0.1) is 6.42 Å². The van der Waals surface area contributed by atoms with Gasteiger partial charge in [-0.05, 0) is 25.5 Å². The van der Waals surface area contributed by atoms with Crippen molar-refractivity contribution in [2.24, 2.45) is 0 Å². The van der Waals surface area contributed by atoms with Crippen LogP contribution in [0.5, 0.6) is 5.75 Å². The van der Waals surface area contributed by atoms with Gasteiger partial charge < -0.3 is 15.8 Å². The lowest BCUT2D eigenvalue weighted by Crippen LogP contribution is -2.33. The molecule has 18 heavy (non-hydrogen) atoms. The molecule has 4 nitrogen and oxygen atoms in total. The maximum Gasteiger partial charge on any atom is 0.258 e. The van der Waals surface area contributed by atoms with Crippen LogP contribution < -0.4 is 15.8 Å². The van der Waals surface area contributed by atoms with Crippen molar-refractivity contribution in [3.8, 4) is 18.1 Å². The summed E-state index contributed by atoms with van der Waals surface area (Å²) in [6.07, 6.45) is 5.98. The topological polar surface area (TPSA) is 64.4 Å². The molecule has 1 atom stereocenters. The molecule has 0 aromatic heterocycles. The third-order valence-corrected chi connectivity index (χ3v) is 2.50. The van der Waals surface area contributed by atoms with E-state index in [1.807, 2.05) is 13.8 Å². The zero-order valence-corrected chi connectivity index (χ0v) is 10.7. The van der Waals surface area contributed by atoms with Crippen LogP contribution in [0.2, 0.25) is 0 Å². The Labute approximate surface area is 108 Å². The molecule has 0 radical (unpaired) electrons. The molecule has 0 aliphatic rings. The van der Waals surface area contributed by atoms with E-state index in [1.165, 1.54) is 0 Å². The van der Waals surface area contributed by atoms with Gasteiger partial charge in [-0.3, -0.25) is 4.79 Å². The number of ether oxygens (including phenoxy) is 1. The number of anilines is 1. The fourth-order valence-corrected chi connectivity index (χ4v) is 1.56. The van der Waals surface area contributed by atoms with E-state index in [9.17, 15) is 4.79 Å². The second-order valence-electron chi connectivity index (χ2n) is 3.75. The van der Waals surface area contributed by atoms with Crippen LogP contribution in [0.25, 0.3) is 0 Å². The SMILES string of the molecule is C#CC(CC)NC(=O)c1c(N)cccc1OCC. The number of carbonyl (C=O) groups is 1. The number of amides is 1. The first kappa shape index (κ1) is 13.9. The third-order valence-electron chi connectivity index (χ3n) is 2.50. The third kappa shape index (κ3) is 3.17. The summed E-state index contributed by atoms with van der Waals surface area (Å²) in [6, 6.07) is 4.82. The van der Waals surface area contributed by atoms with Gasteiger partial charge in [0.25, 0.3) is 5.91 Å². The fourth-order valence-electron chi connectivity index (χ4n) is 1.56. The van der Waals surface area contributed by atoms with Gasteiger partial charge in [-0.2, -0.15) is 0 Å². The van der Waals surface area contributed by atoms with E-state index < -0.39 is 0 Å². The molecule has 1 unspecified atom stereocenters. The van der Waals surface area contributed by atoms with Crippen molar-refractivity contribution in [1.29, 1.82) is 0 Å².